The molecule has 0 aliphatic heterocycles. The van der Waals surface area contributed by atoms with Crippen LogP contribution in [0.3, 0.4) is 0 Å². The first-order valence-electron chi connectivity index (χ1n) is 4.55. The summed E-state index contributed by atoms with van der Waals surface area (Å²) in [7, 11) is -0.321. The van der Waals surface area contributed by atoms with Crippen molar-refractivity contribution in [2.45, 2.75) is 37.7 Å². The van der Waals surface area contributed by atoms with Crippen LogP contribution in [0.5, 0.6) is 0 Å². The Bertz CT molecular complexity index is 237. The van der Waals surface area contributed by atoms with Crippen molar-refractivity contribution in [1.29, 1.82) is 0 Å². The highest BCUT2D eigenvalue weighted by Crippen LogP contribution is 2.28. The van der Waals surface area contributed by atoms with Crippen molar-refractivity contribution in [3.8, 4) is 12.3 Å². The average molecular weight is 214 g/mol. The minimum absolute atomic E-state index is 0.237. The van der Waals surface area contributed by atoms with Crippen LogP contribution in [0.25, 0.3) is 0 Å². The van der Waals surface area contributed by atoms with Crippen molar-refractivity contribution >= 4 is 14.0 Å². The fourth-order valence-electron chi connectivity index (χ4n) is 1.24. The monoisotopic (exact) mass is 214 g/mol. The maximum absolute atomic E-state index is 11.4. The van der Waals surface area contributed by atoms with Gasteiger partial charge in [0.2, 0.25) is 0 Å². The van der Waals surface area contributed by atoms with Gasteiger partial charge in [-0.3, -0.25) is 4.79 Å². The van der Waals surface area contributed by atoms with Crippen LogP contribution in [0.15, 0.2) is 0 Å². The summed E-state index contributed by atoms with van der Waals surface area (Å²) < 4.78 is 4.70. The summed E-state index contributed by atoms with van der Waals surface area (Å²) in [5.41, 5.74) is -0.237. The summed E-state index contributed by atoms with van der Waals surface area (Å²) in [6, 6.07) is 0. The second-order valence-electron chi connectivity index (χ2n) is 4.36. The van der Waals surface area contributed by atoms with Crippen LogP contribution in [0.2, 0.25) is 25.2 Å². The molecule has 4 heteroatoms. The second-order valence-corrected chi connectivity index (χ2v) is 9.79. The van der Waals surface area contributed by atoms with E-state index in [2.05, 4.69) is 25.6 Å². The van der Waals surface area contributed by atoms with Crippen molar-refractivity contribution in [3.05, 3.63) is 0 Å². The molecule has 0 spiro atoms. The van der Waals surface area contributed by atoms with E-state index in [0.29, 0.717) is 6.42 Å². The molecule has 0 aliphatic rings. The smallest absolute Gasteiger partial charge is 0.306 e. The van der Waals surface area contributed by atoms with Gasteiger partial charge in [-0.1, -0.05) is 25.6 Å². The number of rotatable bonds is 4. The second kappa shape index (κ2) is 5.18. The van der Waals surface area contributed by atoms with Crippen LogP contribution in [0.1, 0.15) is 6.42 Å². The van der Waals surface area contributed by atoms with Gasteiger partial charge in [-0.05, 0) is 6.42 Å². The SMILES string of the molecule is C#CC(O)CC(C(=O)OC)[Si](C)(C)C. The molecule has 0 amide bonds. The highest BCUT2D eigenvalue weighted by atomic mass is 28.3. The standard InChI is InChI=1S/C10H18O3Si/c1-6-8(11)7-9(10(12)13-2)14(3,4)5/h1,8-9,11H,7H2,2-5H3. The number of ether oxygens (including phenoxy) is 1. The molecule has 0 aromatic carbocycles. The molecule has 80 valence electrons. The van der Waals surface area contributed by atoms with E-state index >= 15 is 0 Å². The lowest BCUT2D eigenvalue weighted by atomic mass is 10.2. The van der Waals surface area contributed by atoms with Gasteiger partial charge in [0.15, 0.2) is 0 Å². The fourth-order valence-corrected chi connectivity index (χ4v) is 2.99. The summed E-state index contributed by atoms with van der Waals surface area (Å²) in [6.45, 7) is 6.16. The van der Waals surface area contributed by atoms with Gasteiger partial charge in [-0.2, -0.15) is 0 Å². The van der Waals surface area contributed by atoms with E-state index in [0.717, 1.165) is 0 Å². The minimum Gasteiger partial charge on any atom is -0.469 e. The van der Waals surface area contributed by atoms with Gasteiger partial charge in [0, 0.05) is 0 Å². The van der Waals surface area contributed by atoms with Gasteiger partial charge >= 0.3 is 5.97 Å². The molecule has 0 heterocycles. The van der Waals surface area contributed by atoms with Crippen LogP contribution >= 0.6 is 0 Å². The van der Waals surface area contributed by atoms with Crippen molar-refractivity contribution in [3.63, 3.8) is 0 Å². The highest BCUT2D eigenvalue weighted by Gasteiger charge is 2.35. The van der Waals surface area contributed by atoms with E-state index in [1.54, 1.807) is 0 Å². The third-order valence-corrected chi connectivity index (χ3v) is 4.74. The molecule has 2 unspecified atom stereocenters. The molecular weight excluding hydrogens is 196 g/mol. The first-order valence-corrected chi connectivity index (χ1v) is 8.12. The number of aliphatic hydroxyl groups excluding tert-OH is 1. The van der Waals surface area contributed by atoms with E-state index in [4.69, 9.17) is 11.2 Å². The lowest BCUT2D eigenvalue weighted by Gasteiger charge is -2.27. The maximum Gasteiger partial charge on any atom is 0.306 e. The number of esters is 1. The molecule has 0 radical (unpaired) electrons. The summed E-state index contributed by atoms with van der Waals surface area (Å²) in [5, 5.41) is 9.31. The average Bonchev–Trinajstić information content (AvgIpc) is 2.10. The highest BCUT2D eigenvalue weighted by molar-refractivity contribution is 6.80. The lowest BCUT2D eigenvalue weighted by Crippen LogP contribution is -2.36. The van der Waals surface area contributed by atoms with Crippen LogP contribution in [0, 0.1) is 12.3 Å². The Morgan fingerprint density at radius 3 is 2.36 bits per heavy atom. The normalized spacial score (nSPS) is 15.4. The summed E-state index contributed by atoms with van der Waals surface area (Å²) in [6.07, 6.45) is 4.52. The molecule has 14 heavy (non-hydrogen) atoms. The number of carbonyl (C=O) groups excluding carboxylic acids is 1. The summed E-state index contributed by atoms with van der Waals surface area (Å²) in [5.74, 6) is 1.95. The lowest BCUT2D eigenvalue weighted by molar-refractivity contribution is -0.141. The number of carbonyl (C=O) groups is 1. The number of terminal acetylenes is 1. The molecule has 0 bridgehead atoms. The number of hydrogen-bond acceptors (Lipinski definition) is 3. The quantitative estimate of drug-likeness (QED) is 0.435. The maximum atomic E-state index is 11.4. The van der Waals surface area contributed by atoms with Crippen molar-refractivity contribution < 1.29 is 14.6 Å². The van der Waals surface area contributed by atoms with Crippen LogP contribution in [-0.4, -0.2) is 32.4 Å². The van der Waals surface area contributed by atoms with Crippen molar-refractivity contribution in [1.82, 2.24) is 0 Å². The first-order chi connectivity index (χ1) is 6.32. The minimum atomic E-state index is -1.68. The molecule has 0 aromatic heterocycles. The molecule has 0 saturated heterocycles. The van der Waals surface area contributed by atoms with Gasteiger partial charge in [-0.15, -0.1) is 6.42 Å². The molecule has 0 aliphatic carbocycles. The largest absolute Gasteiger partial charge is 0.469 e. The molecular formula is C10H18O3Si. The zero-order valence-corrected chi connectivity index (χ0v) is 10.2. The Morgan fingerprint density at radius 2 is 2.07 bits per heavy atom. The van der Waals surface area contributed by atoms with Gasteiger partial charge in [-0.25, -0.2) is 0 Å². The van der Waals surface area contributed by atoms with E-state index < -0.39 is 14.2 Å². The van der Waals surface area contributed by atoms with E-state index in [9.17, 15) is 9.90 Å². The Balaban J connectivity index is 4.60. The Kier molecular flexibility index (Phi) is 4.88. The number of methoxy groups -OCH3 is 1. The fraction of sp³-hybridized carbons (Fsp3) is 0.700. The zero-order chi connectivity index (χ0) is 11.4. The number of hydrogen-bond donors (Lipinski definition) is 1. The molecule has 2 atom stereocenters. The number of aliphatic hydroxyl groups is 1. The van der Waals surface area contributed by atoms with Gasteiger partial charge in [0.1, 0.15) is 6.10 Å². The van der Waals surface area contributed by atoms with Gasteiger partial charge < -0.3 is 9.84 Å². The first kappa shape index (κ1) is 13.2. The van der Waals surface area contributed by atoms with E-state index in [-0.39, 0.29) is 11.5 Å². The van der Waals surface area contributed by atoms with Crippen LogP contribution in [0.4, 0.5) is 0 Å². The summed E-state index contributed by atoms with van der Waals surface area (Å²) >= 11 is 0. The van der Waals surface area contributed by atoms with Crippen LogP contribution < -0.4 is 0 Å². The summed E-state index contributed by atoms with van der Waals surface area (Å²) in [4.78, 5) is 11.4. The molecule has 0 rings (SSSR count). The molecule has 1 N–H and O–H groups in total. The van der Waals surface area contributed by atoms with Crippen LogP contribution in [-0.2, 0) is 9.53 Å². The predicted molar refractivity (Wildman–Crippen MR) is 58.6 cm³/mol. The Hall–Kier alpha value is -0.793. The Labute approximate surface area is 86.5 Å². The topological polar surface area (TPSA) is 46.5 Å². The predicted octanol–water partition coefficient (Wildman–Crippen LogP) is 1.25. The third kappa shape index (κ3) is 3.94. The van der Waals surface area contributed by atoms with E-state index in [1.165, 1.54) is 7.11 Å². The van der Waals surface area contributed by atoms with Crippen molar-refractivity contribution in [2.75, 3.05) is 7.11 Å². The zero-order valence-electron chi connectivity index (χ0n) is 9.20. The van der Waals surface area contributed by atoms with Crippen molar-refractivity contribution in [2.24, 2.45) is 0 Å². The molecule has 0 fully saturated rings. The van der Waals surface area contributed by atoms with Gasteiger partial charge in [0.25, 0.3) is 0 Å². The third-order valence-electron chi connectivity index (χ3n) is 2.18. The Morgan fingerprint density at radius 1 is 1.57 bits per heavy atom. The van der Waals surface area contributed by atoms with E-state index in [1.807, 2.05) is 0 Å². The molecule has 3 nitrogen and oxygen atoms in total. The molecule has 0 saturated carbocycles. The van der Waals surface area contributed by atoms with Gasteiger partial charge in [0.05, 0.1) is 20.7 Å². The molecule has 0 aromatic rings.